The molecule has 112 valence electrons. The van der Waals surface area contributed by atoms with Crippen LogP contribution in [0.15, 0.2) is 48.5 Å². The van der Waals surface area contributed by atoms with E-state index in [2.05, 4.69) is 15.3 Å². The zero-order chi connectivity index (χ0) is 15.7. The predicted octanol–water partition coefficient (Wildman–Crippen LogP) is 2.71. The van der Waals surface area contributed by atoms with Crippen molar-refractivity contribution in [2.75, 3.05) is 0 Å². The molecule has 3 heterocycles. The number of pyridine rings is 2. The van der Waals surface area contributed by atoms with E-state index in [1.54, 1.807) is 30.7 Å². The summed E-state index contributed by atoms with van der Waals surface area (Å²) in [6, 6.07) is 3.76. The van der Waals surface area contributed by atoms with Crippen LogP contribution in [0.5, 0.6) is 0 Å². The molecule has 3 rings (SSSR count). The fraction of sp³-hybridized carbons (Fsp3) is 0.188. The molecule has 2 aromatic rings. The van der Waals surface area contributed by atoms with Gasteiger partial charge >= 0.3 is 5.97 Å². The summed E-state index contributed by atoms with van der Waals surface area (Å²) in [5, 5.41) is 13.8. The third-order valence-electron chi connectivity index (χ3n) is 3.54. The minimum atomic E-state index is -0.938. The highest BCUT2D eigenvalue weighted by Gasteiger charge is 2.26. The first-order chi connectivity index (χ1) is 10.5. The lowest BCUT2D eigenvalue weighted by Crippen LogP contribution is -2.41. The lowest BCUT2D eigenvalue weighted by Gasteiger charge is -2.29. The van der Waals surface area contributed by atoms with Crippen LogP contribution in [0.3, 0.4) is 0 Å². The summed E-state index contributed by atoms with van der Waals surface area (Å²) in [7, 11) is 0. The second-order valence-electron chi connectivity index (χ2n) is 5.50. The number of hydrogen-bond acceptors (Lipinski definition) is 4. The molecule has 0 fully saturated rings. The normalized spacial score (nSPS) is 20.5. The molecule has 0 saturated heterocycles. The van der Waals surface area contributed by atoms with E-state index in [-0.39, 0.29) is 5.57 Å². The van der Waals surface area contributed by atoms with E-state index in [1.165, 1.54) is 0 Å². The van der Waals surface area contributed by atoms with Crippen molar-refractivity contribution in [3.8, 4) is 0 Å². The molecule has 1 aliphatic heterocycles. The van der Waals surface area contributed by atoms with Crippen LogP contribution in [0.25, 0.3) is 10.9 Å². The summed E-state index contributed by atoms with van der Waals surface area (Å²) in [6.07, 6.45) is 8.74. The Kier molecular flexibility index (Phi) is 3.58. The Hall–Kier alpha value is -2.40. The predicted molar refractivity (Wildman–Crippen MR) is 84.7 cm³/mol. The Morgan fingerprint density at radius 2 is 2.18 bits per heavy atom. The molecule has 0 radical (unpaired) electrons. The zero-order valence-electron chi connectivity index (χ0n) is 11.9. The Labute approximate surface area is 132 Å². The van der Waals surface area contributed by atoms with Crippen LogP contribution in [-0.2, 0) is 11.2 Å². The number of aromatic nitrogens is 2. The number of aliphatic carboxylic acids is 1. The molecule has 2 N–H and O–H groups in total. The molecule has 0 spiro atoms. The largest absolute Gasteiger partial charge is 0.478 e. The molecule has 22 heavy (non-hydrogen) atoms. The summed E-state index contributed by atoms with van der Waals surface area (Å²) >= 11 is 5.97. The summed E-state index contributed by atoms with van der Waals surface area (Å²) in [4.78, 5) is 19.7. The SMILES string of the molecule is CC1(Cc2cc3cc(Cl)cnc3cn2)C=C(C(=O)O)C=CN1. The molecule has 6 heteroatoms. The smallest absolute Gasteiger partial charge is 0.335 e. The lowest BCUT2D eigenvalue weighted by atomic mass is 9.90. The molecule has 0 aliphatic carbocycles. The van der Waals surface area contributed by atoms with Gasteiger partial charge in [-0.25, -0.2) is 4.79 Å². The highest BCUT2D eigenvalue weighted by molar-refractivity contribution is 6.31. The molecule has 0 bridgehead atoms. The van der Waals surface area contributed by atoms with E-state index in [0.29, 0.717) is 11.4 Å². The average Bonchev–Trinajstić information content (AvgIpc) is 2.46. The first kappa shape index (κ1) is 14.5. The third-order valence-corrected chi connectivity index (χ3v) is 3.74. The first-order valence-corrected chi connectivity index (χ1v) is 7.14. The highest BCUT2D eigenvalue weighted by atomic mass is 35.5. The highest BCUT2D eigenvalue weighted by Crippen LogP contribution is 2.22. The number of nitrogens with one attached hydrogen (secondary N) is 1. The number of rotatable bonds is 3. The maximum Gasteiger partial charge on any atom is 0.335 e. The quantitative estimate of drug-likeness (QED) is 0.911. The van der Waals surface area contributed by atoms with E-state index in [1.807, 2.05) is 19.1 Å². The average molecular weight is 316 g/mol. The van der Waals surface area contributed by atoms with Crippen molar-refractivity contribution in [3.05, 3.63) is 59.2 Å². The third kappa shape index (κ3) is 2.94. The van der Waals surface area contributed by atoms with Crippen molar-refractivity contribution in [1.82, 2.24) is 15.3 Å². The molecule has 5 nitrogen and oxygen atoms in total. The Morgan fingerprint density at radius 1 is 1.36 bits per heavy atom. The fourth-order valence-corrected chi connectivity index (χ4v) is 2.68. The van der Waals surface area contributed by atoms with Gasteiger partial charge in [-0.2, -0.15) is 0 Å². The van der Waals surface area contributed by atoms with E-state index in [9.17, 15) is 4.79 Å². The van der Waals surface area contributed by atoms with E-state index in [0.717, 1.165) is 16.6 Å². The molecule has 0 aromatic carbocycles. The van der Waals surface area contributed by atoms with Crippen LogP contribution in [0.4, 0.5) is 0 Å². The van der Waals surface area contributed by atoms with E-state index in [4.69, 9.17) is 16.7 Å². The Morgan fingerprint density at radius 3 is 2.95 bits per heavy atom. The number of nitrogens with zero attached hydrogens (tertiary/aromatic N) is 2. The van der Waals surface area contributed by atoms with Crippen molar-refractivity contribution in [2.45, 2.75) is 18.9 Å². The number of carboxylic acid groups (broad SMARTS) is 1. The van der Waals surface area contributed by atoms with E-state index < -0.39 is 11.5 Å². The van der Waals surface area contributed by atoms with Gasteiger partial charge in [0.25, 0.3) is 0 Å². The van der Waals surface area contributed by atoms with Crippen LogP contribution in [-0.4, -0.2) is 26.6 Å². The molecule has 2 aromatic heterocycles. The van der Waals surface area contributed by atoms with Crippen LogP contribution >= 0.6 is 11.6 Å². The maximum atomic E-state index is 11.1. The molecule has 1 unspecified atom stereocenters. The van der Waals surface area contributed by atoms with Crippen LogP contribution in [0, 0.1) is 0 Å². The number of halogens is 1. The second kappa shape index (κ2) is 5.42. The zero-order valence-corrected chi connectivity index (χ0v) is 12.6. The van der Waals surface area contributed by atoms with Gasteiger partial charge in [0.1, 0.15) is 0 Å². The Bertz CT molecular complexity index is 816. The molecule has 1 aliphatic rings. The summed E-state index contributed by atoms with van der Waals surface area (Å²) in [6.45, 7) is 1.93. The molecular weight excluding hydrogens is 302 g/mol. The summed E-state index contributed by atoms with van der Waals surface area (Å²) < 4.78 is 0. The van der Waals surface area contributed by atoms with Gasteiger partial charge in [0, 0.05) is 23.7 Å². The molecular formula is C16H14ClN3O2. The number of dihydropyridines is 1. The fourth-order valence-electron chi connectivity index (χ4n) is 2.51. The van der Waals surface area contributed by atoms with Gasteiger partial charge in [-0.1, -0.05) is 11.6 Å². The van der Waals surface area contributed by atoms with E-state index >= 15 is 0 Å². The number of carbonyl (C=O) groups is 1. The van der Waals surface area contributed by atoms with Crippen molar-refractivity contribution in [3.63, 3.8) is 0 Å². The monoisotopic (exact) mass is 315 g/mol. The van der Waals surface area contributed by atoms with Crippen LogP contribution in [0.1, 0.15) is 12.6 Å². The van der Waals surface area contributed by atoms with Gasteiger partial charge in [0.05, 0.1) is 27.8 Å². The lowest BCUT2D eigenvalue weighted by molar-refractivity contribution is -0.132. The summed E-state index contributed by atoms with van der Waals surface area (Å²) in [5.74, 6) is -0.938. The van der Waals surface area contributed by atoms with Gasteiger partial charge in [0.2, 0.25) is 0 Å². The van der Waals surface area contributed by atoms with Gasteiger partial charge in [-0.05, 0) is 37.4 Å². The minimum absolute atomic E-state index is 0.270. The Balaban J connectivity index is 1.92. The topological polar surface area (TPSA) is 75.1 Å². The minimum Gasteiger partial charge on any atom is -0.478 e. The van der Waals surface area contributed by atoms with Gasteiger partial charge in [-0.3, -0.25) is 9.97 Å². The van der Waals surface area contributed by atoms with Crippen molar-refractivity contribution < 1.29 is 9.90 Å². The standard InChI is InChI=1S/C16H14ClN3O2/c1-16(6-10(15(21)22)2-3-20-16)7-13-5-11-4-12(17)8-19-14(11)9-18-13/h2-6,8-9,20H,7H2,1H3,(H,21,22). The van der Waals surface area contributed by atoms with Crippen LogP contribution in [0.2, 0.25) is 5.02 Å². The number of carboxylic acids is 1. The van der Waals surface area contributed by atoms with Gasteiger partial charge in [-0.15, -0.1) is 0 Å². The summed E-state index contributed by atoms with van der Waals surface area (Å²) in [5.41, 5.74) is 1.38. The van der Waals surface area contributed by atoms with Gasteiger partial charge < -0.3 is 10.4 Å². The van der Waals surface area contributed by atoms with Crippen molar-refractivity contribution >= 4 is 28.5 Å². The molecule has 1 atom stereocenters. The maximum absolute atomic E-state index is 11.1. The van der Waals surface area contributed by atoms with Crippen molar-refractivity contribution in [2.24, 2.45) is 0 Å². The van der Waals surface area contributed by atoms with Gasteiger partial charge in [0.15, 0.2) is 0 Å². The van der Waals surface area contributed by atoms with Crippen molar-refractivity contribution in [1.29, 1.82) is 0 Å². The number of fused-ring (bicyclic) bond motifs is 1. The molecule has 0 amide bonds. The first-order valence-electron chi connectivity index (χ1n) is 6.76. The number of hydrogen-bond donors (Lipinski definition) is 2. The van der Waals surface area contributed by atoms with Crippen LogP contribution < -0.4 is 5.32 Å². The second-order valence-corrected chi connectivity index (χ2v) is 5.94. The molecule has 0 saturated carbocycles.